The number of hydrogen-bond donors (Lipinski definition) is 1. The molecule has 0 bridgehead atoms. The van der Waals surface area contributed by atoms with Crippen molar-refractivity contribution < 1.29 is 18.8 Å². The lowest BCUT2D eigenvalue weighted by atomic mass is 10.0. The van der Waals surface area contributed by atoms with Crippen LogP contribution in [0.1, 0.15) is 42.8 Å². The number of nitrogens with zero attached hydrogens (tertiary/aromatic N) is 2. The van der Waals surface area contributed by atoms with Crippen molar-refractivity contribution in [2.24, 2.45) is 0 Å². The van der Waals surface area contributed by atoms with Crippen LogP contribution in [-0.2, 0) is 6.42 Å². The maximum absolute atomic E-state index is 12.9. The molecule has 3 rings (SSSR count). The molecule has 1 aliphatic heterocycles. The number of anilines is 1. The number of urea groups is 1. The first-order valence-corrected chi connectivity index (χ1v) is 8.83. The van der Waals surface area contributed by atoms with Crippen molar-refractivity contribution in [2.75, 3.05) is 26.1 Å². The number of hydrogen-bond acceptors (Lipinski definition) is 5. The molecule has 0 radical (unpaired) electrons. The summed E-state index contributed by atoms with van der Waals surface area (Å²) in [6.45, 7) is 4.66. The standard InChI is InChI=1S/C19H25N3O4/c1-5-17-18(12(2)21-26-17)16-7-6-8-22(16)19(23)20-13-9-14(24-3)11-15(10-13)25-4/h9-11,16H,5-8H2,1-4H3,(H,20,23)/t16-/m0/s1. The molecule has 2 amide bonds. The van der Waals surface area contributed by atoms with Crippen molar-refractivity contribution in [3.8, 4) is 11.5 Å². The summed E-state index contributed by atoms with van der Waals surface area (Å²) < 4.78 is 16.0. The number of likely N-dealkylation sites (tertiary alicyclic amines) is 1. The lowest BCUT2D eigenvalue weighted by Crippen LogP contribution is -2.34. The normalized spacial score (nSPS) is 16.6. The highest BCUT2D eigenvalue weighted by molar-refractivity contribution is 5.90. The molecule has 1 N–H and O–H groups in total. The molecule has 2 aromatic rings. The Kier molecular flexibility index (Phi) is 5.35. The van der Waals surface area contributed by atoms with Gasteiger partial charge < -0.3 is 24.2 Å². The largest absolute Gasteiger partial charge is 0.497 e. The van der Waals surface area contributed by atoms with Gasteiger partial charge in [-0.2, -0.15) is 0 Å². The summed E-state index contributed by atoms with van der Waals surface area (Å²) in [5, 5.41) is 7.05. The van der Waals surface area contributed by atoms with Crippen LogP contribution in [0.4, 0.5) is 10.5 Å². The molecule has 140 valence electrons. The summed E-state index contributed by atoms with van der Waals surface area (Å²) in [4.78, 5) is 14.8. The number of aromatic nitrogens is 1. The molecule has 0 spiro atoms. The summed E-state index contributed by atoms with van der Waals surface area (Å²) >= 11 is 0. The fraction of sp³-hybridized carbons (Fsp3) is 0.474. The molecule has 1 aromatic carbocycles. The Labute approximate surface area is 153 Å². The Morgan fingerprint density at radius 1 is 1.31 bits per heavy atom. The molecule has 0 aliphatic carbocycles. The smallest absolute Gasteiger partial charge is 0.322 e. The average Bonchev–Trinajstić information content (AvgIpc) is 3.26. The van der Waals surface area contributed by atoms with E-state index in [1.54, 1.807) is 32.4 Å². The molecule has 1 fully saturated rings. The van der Waals surface area contributed by atoms with Crippen molar-refractivity contribution in [2.45, 2.75) is 39.2 Å². The van der Waals surface area contributed by atoms with E-state index < -0.39 is 0 Å². The minimum absolute atomic E-state index is 0.0105. The zero-order valence-electron chi connectivity index (χ0n) is 15.7. The SMILES string of the molecule is CCc1onc(C)c1[C@@H]1CCCN1C(=O)Nc1cc(OC)cc(OC)c1. The zero-order valence-corrected chi connectivity index (χ0v) is 15.7. The van der Waals surface area contributed by atoms with Gasteiger partial charge in [-0.3, -0.25) is 0 Å². The molecule has 26 heavy (non-hydrogen) atoms. The first kappa shape index (κ1) is 18.1. The predicted octanol–water partition coefficient (Wildman–Crippen LogP) is 3.93. The number of nitrogens with one attached hydrogen (secondary N) is 1. The lowest BCUT2D eigenvalue weighted by Gasteiger charge is -2.25. The highest BCUT2D eigenvalue weighted by atomic mass is 16.5. The van der Waals surface area contributed by atoms with Crippen molar-refractivity contribution >= 4 is 11.7 Å². The maximum atomic E-state index is 12.9. The van der Waals surface area contributed by atoms with Gasteiger partial charge in [0.1, 0.15) is 17.3 Å². The highest BCUT2D eigenvalue weighted by Gasteiger charge is 2.34. The van der Waals surface area contributed by atoms with Crippen LogP contribution >= 0.6 is 0 Å². The summed E-state index contributed by atoms with van der Waals surface area (Å²) in [5.74, 6) is 2.11. The highest BCUT2D eigenvalue weighted by Crippen LogP contribution is 2.36. The first-order valence-electron chi connectivity index (χ1n) is 8.83. The quantitative estimate of drug-likeness (QED) is 0.875. The minimum Gasteiger partial charge on any atom is -0.497 e. The van der Waals surface area contributed by atoms with E-state index >= 15 is 0 Å². The molecule has 2 heterocycles. The molecule has 0 saturated carbocycles. The van der Waals surface area contributed by atoms with E-state index in [2.05, 4.69) is 10.5 Å². The average molecular weight is 359 g/mol. The van der Waals surface area contributed by atoms with Gasteiger partial charge in [0.05, 0.1) is 26.0 Å². The topological polar surface area (TPSA) is 76.8 Å². The number of aryl methyl sites for hydroxylation is 2. The molecular formula is C19H25N3O4. The van der Waals surface area contributed by atoms with Gasteiger partial charge in [-0.05, 0) is 19.8 Å². The van der Waals surface area contributed by atoms with Gasteiger partial charge in [-0.15, -0.1) is 0 Å². The number of rotatable bonds is 5. The third-order valence-electron chi connectivity index (χ3n) is 4.75. The minimum atomic E-state index is -0.148. The van der Waals surface area contributed by atoms with Crippen molar-refractivity contribution in [3.05, 3.63) is 35.2 Å². The number of benzene rings is 1. The molecule has 1 aromatic heterocycles. The van der Waals surface area contributed by atoms with Crippen LogP contribution < -0.4 is 14.8 Å². The number of carbonyl (C=O) groups excluding carboxylic acids is 1. The molecule has 0 unspecified atom stereocenters. The number of methoxy groups -OCH3 is 2. The summed E-state index contributed by atoms with van der Waals surface area (Å²) in [5.41, 5.74) is 2.53. The summed E-state index contributed by atoms with van der Waals surface area (Å²) in [6, 6.07) is 5.15. The van der Waals surface area contributed by atoms with Crippen molar-refractivity contribution in [1.29, 1.82) is 0 Å². The monoisotopic (exact) mass is 359 g/mol. The van der Waals surface area contributed by atoms with E-state index in [0.29, 0.717) is 23.7 Å². The number of ether oxygens (including phenoxy) is 2. The van der Waals surface area contributed by atoms with E-state index in [1.165, 1.54) is 0 Å². The molecule has 7 heteroatoms. The van der Waals surface area contributed by atoms with E-state index in [0.717, 1.165) is 36.3 Å². The Balaban J connectivity index is 1.82. The lowest BCUT2D eigenvalue weighted by molar-refractivity contribution is 0.206. The third kappa shape index (κ3) is 3.47. The van der Waals surface area contributed by atoms with Gasteiger partial charge in [0, 0.05) is 42.4 Å². The fourth-order valence-electron chi connectivity index (χ4n) is 3.49. The Morgan fingerprint density at radius 3 is 2.62 bits per heavy atom. The third-order valence-corrected chi connectivity index (χ3v) is 4.75. The van der Waals surface area contributed by atoms with Crippen LogP contribution in [0.2, 0.25) is 0 Å². The van der Waals surface area contributed by atoms with Crippen LogP contribution in [-0.4, -0.2) is 36.9 Å². The van der Waals surface area contributed by atoms with E-state index in [9.17, 15) is 4.79 Å². The zero-order chi connectivity index (χ0) is 18.7. The van der Waals surface area contributed by atoms with Gasteiger partial charge in [0.15, 0.2) is 0 Å². The van der Waals surface area contributed by atoms with Crippen LogP contribution in [0, 0.1) is 6.92 Å². The molecule has 1 aliphatic rings. The number of amides is 2. The van der Waals surface area contributed by atoms with E-state index in [1.807, 2.05) is 18.7 Å². The van der Waals surface area contributed by atoms with Crippen LogP contribution in [0.15, 0.2) is 22.7 Å². The molecular weight excluding hydrogens is 334 g/mol. The fourth-order valence-corrected chi connectivity index (χ4v) is 3.49. The predicted molar refractivity (Wildman–Crippen MR) is 97.9 cm³/mol. The van der Waals surface area contributed by atoms with Crippen LogP contribution in [0.25, 0.3) is 0 Å². The van der Waals surface area contributed by atoms with Gasteiger partial charge in [-0.1, -0.05) is 12.1 Å². The Hall–Kier alpha value is -2.70. The summed E-state index contributed by atoms with van der Waals surface area (Å²) in [6.07, 6.45) is 2.62. The summed E-state index contributed by atoms with van der Waals surface area (Å²) in [7, 11) is 3.16. The second-order valence-corrected chi connectivity index (χ2v) is 6.34. The Bertz CT molecular complexity index is 765. The van der Waals surface area contributed by atoms with Crippen LogP contribution in [0.3, 0.4) is 0 Å². The maximum Gasteiger partial charge on any atom is 0.322 e. The van der Waals surface area contributed by atoms with E-state index in [-0.39, 0.29) is 12.1 Å². The van der Waals surface area contributed by atoms with Gasteiger partial charge in [0.25, 0.3) is 0 Å². The molecule has 1 saturated heterocycles. The number of carbonyl (C=O) groups is 1. The van der Waals surface area contributed by atoms with Crippen molar-refractivity contribution in [3.63, 3.8) is 0 Å². The van der Waals surface area contributed by atoms with E-state index in [4.69, 9.17) is 14.0 Å². The van der Waals surface area contributed by atoms with Gasteiger partial charge in [-0.25, -0.2) is 4.79 Å². The first-order chi connectivity index (χ1) is 12.6. The molecule has 1 atom stereocenters. The second kappa shape index (κ2) is 7.68. The van der Waals surface area contributed by atoms with Crippen molar-refractivity contribution in [1.82, 2.24) is 10.1 Å². The Morgan fingerprint density at radius 2 is 2.00 bits per heavy atom. The van der Waals surface area contributed by atoms with Gasteiger partial charge in [0.2, 0.25) is 0 Å². The van der Waals surface area contributed by atoms with Gasteiger partial charge >= 0.3 is 6.03 Å². The second-order valence-electron chi connectivity index (χ2n) is 6.34. The van der Waals surface area contributed by atoms with Crippen LogP contribution in [0.5, 0.6) is 11.5 Å². The molecule has 7 nitrogen and oxygen atoms in total.